The van der Waals surface area contributed by atoms with E-state index in [0.29, 0.717) is 13.0 Å². The average molecular weight is 280 g/mol. The van der Waals surface area contributed by atoms with Gasteiger partial charge in [0.15, 0.2) is 0 Å². The number of anilines is 1. The fourth-order valence-corrected chi connectivity index (χ4v) is 2.26. The van der Waals surface area contributed by atoms with Gasteiger partial charge in [0.25, 0.3) is 0 Å². The molecule has 1 heterocycles. The number of nitrogens with zero attached hydrogens (tertiary/aromatic N) is 2. The third kappa shape index (κ3) is 4.57. The molecule has 0 saturated carbocycles. The van der Waals surface area contributed by atoms with Gasteiger partial charge >= 0.3 is 0 Å². The van der Waals surface area contributed by atoms with Crippen LogP contribution < -0.4 is 11.1 Å². The molecule has 0 spiro atoms. The second-order valence-corrected chi connectivity index (χ2v) is 4.99. The Balaban J connectivity index is 1.85. The summed E-state index contributed by atoms with van der Waals surface area (Å²) in [4.78, 5) is 4.40. The summed E-state index contributed by atoms with van der Waals surface area (Å²) in [7, 11) is 0. The summed E-state index contributed by atoms with van der Waals surface area (Å²) in [6.45, 7) is 1.58. The summed E-state index contributed by atoms with van der Waals surface area (Å²) in [5, 5.41) is 4.05. The molecule has 3 N–H and O–H groups in total. The first-order chi connectivity index (χ1) is 9.28. The predicted molar refractivity (Wildman–Crippen MR) is 75.9 cm³/mol. The highest BCUT2D eigenvalue weighted by atomic mass is 32.1. The largest absolute Gasteiger partial charge is 0.360 e. The lowest BCUT2D eigenvalue weighted by atomic mass is 10.1. The van der Waals surface area contributed by atoms with Gasteiger partial charge in [-0.1, -0.05) is 12.1 Å². The summed E-state index contributed by atoms with van der Waals surface area (Å²) in [6, 6.07) is 6.41. The average Bonchev–Trinajstić information content (AvgIpc) is 2.85. The summed E-state index contributed by atoms with van der Waals surface area (Å²) in [6.07, 6.45) is 2.67. The maximum absolute atomic E-state index is 12.8. The minimum Gasteiger partial charge on any atom is -0.360 e. The smallest absolute Gasteiger partial charge is 0.202 e. The van der Waals surface area contributed by atoms with E-state index < -0.39 is 0 Å². The van der Waals surface area contributed by atoms with Gasteiger partial charge in [-0.15, -0.1) is 0 Å². The Hall–Kier alpha value is -1.53. The molecule has 0 bridgehead atoms. The van der Waals surface area contributed by atoms with Crippen molar-refractivity contribution in [2.75, 3.05) is 18.4 Å². The molecule has 2 aromatic rings. The second kappa shape index (κ2) is 7.16. The van der Waals surface area contributed by atoms with Gasteiger partial charge in [-0.05, 0) is 37.1 Å². The lowest BCUT2D eigenvalue weighted by molar-refractivity contribution is 0.627. The Morgan fingerprint density at radius 3 is 2.74 bits per heavy atom. The van der Waals surface area contributed by atoms with Crippen molar-refractivity contribution in [2.45, 2.75) is 19.3 Å². The SMILES string of the molecule is NCCCCNc1nc(Cc2ccc(F)cc2)ns1. The highest BCUT2D eigenvalue weighted by molar-refractivity contribution is 7.09. The van der Waals surface area contributed by atoms with Crippen molar-refractivity contribution >= 4 is 16.7 Å². The molecular weight excluding hydrogens is 263 g/mol. The van der Waals surface area contributed by atoms with E-state index in [1.165, 1.54) is 23.7 Å². The summed E-state index contributed by atoms with van der Waals surface area (Å²) >= 11 is 1.35. The number of hydrogen-bond acceptors (Lipinski definition) is 5. The Bertz CT molecular complexity index is 498. The van der Waals surface area contributed by atoms with Gasteiger partial charge in [-0.25, -0.2) is 9.37 Å². The van der Waals surface area contributed by atoms with Crippen LogP contribution in [0.3, 0.4) is 0 Å². The molecule has 0 aliphatic rings. The van der Waals surface area contributed by atoms with E-state index in [0.717, 1.165) is 35.9 Å². The Kier molecular flexibility index (Phi) is 5.23. The van der Waals surface area contributed by atoms with Crippen LogP contribution in [-0.2, 0) is 6.42 Å². The molecule has 19 heavy (non-hydrogen) atoms. The van der Waals surface area contributed by atoms with Crippen LogP contribution in [0.1, 0.15) is 24.2 Å². The van der Waals surface area contributed by atoms with Crippen molar-refractivity contribution in [3.8, 4) is 0 Å². The maximum Gasteiger partial charge on any atom is 0.202 e. The minimum atomic E-state index is -0.225. The van der Waals surface area contributed by atoms with Crippen LogP contribution >= 0.6 is 11.5 Å². The van der Waals surface area contributed by atoms with E-state index >= 15 is 0 Å². The highest BCUT2D eigenvalue weighted by Gasteiger charge is 2.04. The fraction of sp³-hybridized carbons (Fsp3) is 0.385. The standard InChI is InChI=1S/C13H17FN4S/c14-11-5-3-10(4-6-11)9-12-17-13(19-18-12)16-8-2-1-7-15/h3-6H,1-2,7-9,15H2,(H,16,17,18). The van der Waals surface area contributed by atoms with Gasteiger partial charge < -0.3 is 11.1 Å². The molecule has 102 valence electrons. The first kappa shape index (κ1) is 13.9. The van der Waals surface area contributed by atoms with Crippen molar-refractivity contribution < 1.29 is 4.39 Å². The van der Waals surface area contributed by atoms with Gasteiger partial charge in [-0.3, -0.25) is 0 Å². The number of rotatable bonds is 7. The van der Waals surface area contributed by atoms with Gasteiger partial charge in [0, 0.05) is 24.5 Å². The Morgan fingerprint density at radius 2 is 2.00 bits per heavy atom. The lowest BCUT2D eigenvalue weighted by Gasteiger charge is -2.00. The predicted octanol–water partition coefficient (Wildman–Crippen LogP) is 2.42. The molecule has 0 radical (unpaired) electrons. The number of benzene rings is 1. The zero-order valence-corrected chi connectivity index (χ0v) is 11.4. The van der Waals surface area contributed by atoms with E-state index in [-0.39, 0.29) is 5.82 Å². The molecule has 2 rings (SSSR count). The van der Waals surface area contributed by atoms with Crippen molar-refractivity contribution in [1.82, 2.24) is 9.36 Å². The highest BCUT2D eigenvalue weighted by Crippen LogP contribution is 2.14. The van der Waals surface area contributed by atoms with E-state index in [1.54, 1.807) is 12.1 Å². The van der Waals surface area contributed by atoms with E-state index in [4.69, 9.17) is 5.73 Å². The molecule has 4 nitrogen and oxygen atoms in total. The van der Waals surface area contributed by atoms with E-state index in [2.05, 4.69) is 14.7 Å². The van der Waals surface area contributed by atoms with Crippen LogP contribution in [0.4, 0.5) is 9.52 Å². The van der Waals surface area contributed by atoms with Crippen LogP contribution in [0.5, 0.6) is 0 Å². The number of aromatic nitrogens is 2. The summed E-state index contributed by atoms with van der Waals surface area (Å²) in [5.74, 6) is 0.537. The molecule has 0 unspecified atom stereocenters. The first-order valence-corrected chi connectivity index (χ1v) is 7.06. The van der Waals surface area contributed by atoms with Crippen LogP contribution in [0, 0.1) is 5.82 Å². The van der Waals surface area contributed by atoms with Crippen LogP contribution in [0.25, 0.3) is 0 Å². The zero-order chi connectivity index (χ0) is 13.5. The van der Waals surface area contributed by atoms with Gasteiger partial charge in [0.2, 0.25) is 5.13 Å². The van der Waals surface area contributed by atoms with Crippen molar-refractivity contribution in [1.29, 1.82) is 0 Å². The molecule has 0 fully saturated rings. The fourth-order valence-electron chi connectivity index (χ4n) is 1.65. The number of unbranched alkanes of at least 4 members (excludes halogenated alkanes) is 1. The number of nitrogens with one attached hydrogen (secondary N) is 1. The van der Waals surface area contributed by atoms with Gasteiger partial charge in [-0.2, -0.15) is 4.37 Å². The lowest BCUT2D eigenvalue weighted by Crippen LogP contribution is -2.05. The quantitative estimate of drug-likeness (QED) is 0.765. The minimum absolute atomic E-state index is 0.225. The number of hydrogen-bond donors (Lipinski definition) is 2. The number of nitrogens with two attached hydrogens (primary N) is 1. The summed E-state index contributed by atoms with van der Waals surface area (Å²) in [5.41, 5.74) is 6.44. The molecule has 0 aliphatic heterocycles. The van der Waals surface area contributed by atoms with E-state index in [1.807, 2.05) is 0 Å². The van der Waals surface area contributed by atoms with E-state index in [9.17, 15) is 4.39 Å². The third-order valence-electron chi connectivity index (χ3n) is 2.65. The Morgan fingerprint density at radius 1 is 1.21 bits per heavy atom. The Labute approximate surface area is 116 Å². The first-order valence-electron chi connectivity index (χ1n) is 6.29. The zero-order valence-electron chi connectivity index (χ0n) is 10.6. The van der Waals surface area contributed by atoms with Crippen molar-refractivity contribution in [3.63, 3.8) is 0 Å². The molecular formula is C13H17FN4S. The van der Waals surface area contributed by atoms with Crippen LogP contribution in [-0.4, -0.2) is 22.4 Å². The monoisotopic (exact) mass is 280 g/mol. The second-order valence-electron chi connectivity index (χ2n) is 4.24. The maximum atomic E-state index is 12.8. The molecule has 0 saturated heterocycles. The van der Waals surface area contributed by atoms with Gasteiger partial charge in [0.05, 0.1) is 0 Å². The van der Waals surface area contributed by atoms with Crippen molar-refractivity contribution in [2.24, 2.45) is 5.73 Å². The normalized spacial score (nSPS) is 10.6. The molecule has 0 aliphatic carbocycles. The third-order valence-corrected chi connectivity index (χ3v) is 3.36. The molecule has 1 aromatic carbocycles. The molecule has 0 amide bonds. The van der Waals surface area contributed by atoms with Crippen LogP contribution in [0.2, 0.25) is 0 Å². The van der Waals surface area contributed by atoms with Crippen LogP contribution in [0.15, 0.2) is 24.3 Å². The number of halogens is 1. The molecule has 6 heteroatoms. The van der Waals surface area contributed by atoms with Gasteiger partial charge in [0.1, 0.15) is 11.6 Å². The van der Waals surface area contributed by atoms with Crippen molar-refractivity contribution in [3.05, 3.63) is 41.5 Å². The molecule has 1 aromatic heterocycles. The molecule has 0 atom stereocenters. The summed E-state index contributed by atoms with van der Waals surface area (Å²) < 4.78 is 17.1. The topological polar surface area (TPSA) is 63.8 Å².